The van der Waals surface area contributed by atoms with Gasteiger partial charge in [-0.2, -0.15) is 15.0 Å². The predicted molar refractivity (Wildman–Crippen MR) is 80.5 cm³/mol. The molecule has 1 aromatic rings. The van der Waals surface area contributed by atoms with Crippen molar-refractivity contribution >= 4 is 11.9 Å². The number of nitrogens with one attached hydrogen (secondary N) is 2. The number of rotatable bonds is 8. The summed E-state index contributed by atoms with van der Waals surface area (Å²) in [5.74, 6) is 3.44. The van der Waals surface area contributed by atoms with Crippen molar-refractivity contribution in [2.24, 2.45) is 11.8 Å². The van der Waals surface area contributed by atoms with E-state index in [0.717, 1.165) is 31.8 Å². The lowest BCUT2D eigenvalue weighted by Gasteiger charge is -2.10. The van der Waals surface area contributed by atoms with E-state index in [1.165, 1.54) is 0 Å². The van der Waals surface area contributed by atoms with Crippen molar-refractivity contribution in [2.45, 2.75) is 47.5 Å². The molecular weight excluding hydrogens is 238 g/mol. The van der Waals surface area contributed by atoms with Crippen molar-refractivity contribution in [3.05, 3.63) is 5.82 Å². The zero-order chi connectivity index (χ0) is 14.3. The molecule has 0 saturated carbocycles. The van der Waals surface area contributed by atoms with Crippen LogP contribution in [0.5, 0.6) is 0 Å². The van der Waals surface area contributed by atoms with Crippen molar-refractivity contribution in [2.75, 3.05) is 23.7 Å². The highest BCUT2D eigenvalue weighted by Gasteiger charge is 2.04. The van der Waals surface area contributed by atoms with Gasteiger partial charge in [0.05, 0.1) is 0 Å². The van der Waals surface area contributed by atoms with Crippen LogP contribution in [-0.2, 0) is 0 Å². The summed E-state index contributed by atoms with van der Waals surface area (Å²) in [6.45, 7) is 12.5. The summed E-state index contributed by atoms with van der Waals surface area (Å²) >= 11 is 0. The van der Waals surface area contributed by atoms with Crippen LogP contribution in [0.3, 0.4) is 0 Å². The van der Waals surface area contributed by atoms with E-state index in [1.807, 2.05) is 6.92 Å². The molecule has 108 valence electrons. The van der Waals surface area contributed by atoms with Crippen LogP contribution in [0.4, 0.5) is 11.9 Å². The van der Waals surface area contributed by atoms with Gasteiger partial charge in [-0.05, 0) is 31.6 Å². The highest BCUT2D eigenvalue weighted by molar-refractivity contribution is 5.34. The summed E-state index contributed by atoms with van der Waals surface area (Å²) in [7, 11) is 0. The molecule has 0 radical (unpaired) electrons. The molecule has 1 rings (SSSR count). The standard InChI is InChI=1S/C14H27N5/c1-10(2)6-8-15-13-17-12(5)18-14(19-13)16-9-7-11(3)4/h10-11H,6-9H2,1-5H3,(H2,15,16,17,18,19). The van der Waals surface area contributed by atoms with E-state index in [2.05, 4.69) is 53.3 Å². The molecule has 0 aliphatic heterocycles. The maximum Gasteiger partial charge on any atom is 0.227 e. The molecule has 0 aromatic carbocycles. The van der Waals surface area contributed by atoms with Gasteiger partial charge in [-0.15, -0.1) is 0 Å². The summed E-state index contributed by atoms with van der Waals surface area (Å²) < 4.78 is 0. The lowest BCUT2D eigenvalue weighted by molar-refractivity contribution is 0.604. The molecule has 5 nitrogen and oxygen atoms in total. The van der Waals surface area contributed by atoms with E-state index in [0.29, 0.717) is 23.7 Å². The minimum atomic E-state index is 0.667. The number of aryl methyl sites for hydroxylation is 1. The molecule has 0 saturated heterocycles. The number of anilines is 2. The summed E-state index contributed by atoms with van der Waals surface area (Å²) in [5.41, 5.74) is 0. The van der Waals surface area contributed by atoms with Crippen molar-refractivity contribution < 1.29 is 0 Å². The molecule has 0 aliphatic carbocycles. The highest BCUT2D eigenvalue weighted by atomic mass is 15.2. The fourth-order valence-electron chi connectivity index (χ4n) is 1.59. The van der Waals surface area contributed by atoms with E-state index < -0.39 is 0 Å². The Kier molecular flexibility index (Phi) is 6.53. The number of hydrogen-bond acceptors (Lipinski definition) is 5. The van der Waals surface area contributed by atoms with Crippen molar-refractivity contribution in [1.82, 2.24) is 15.0 Å². The van der Waals surface area contributed by atoms with Gasteiger partial charge in [-0.25, -0.2) is 0 Å². The van der Waals surface area contributed by atoms with Gasteiger partial charge in [-0.3, -0.25) is 0 Å². The zero-order valence-electron chi connectivity index (χ0n) is 12.8. The Hall–Kier alpha value is -1.39. The Bertz CT molecular complexity index is 344. The lowest BCUT2D eigenvalue weighted by Crippen LogP contribution is -2.13. The first-order valence-electron chi connectivity index (χ1n) is 7.17. The Balaban J connectivity index is 2.51. The molecule has 2 N–H and O–H groups in total. The monoisotopic (exact) mass is 265 g/mol. The van der Waals surface area contributed by atoms with Crippen LogP contribution in [0.1, 0.15) is 46.4 Å². The Morgan fingerprint density at radius 1 is 0.789 bits per heavy atom. The largest absolute Gasteiger partial charge is 0.354 e. The quantitative estimate of drug-likeness (QED) is 0.756. The third kappa shape index (κ3) is 6.94. The predicted octanol–water partition coefficient (Wildman–Crippen LogP) is 3.10. The van der Waals surface area contributed by atoms with Crippen LogP contribution in [0.15, 0.2) is 0 Å². The van der Waals surface area contributed by atoms with Crippen molar-refractivity contribution in [3.63, 3.8) is 0 Å². The summed E-state index contributed by atoms with van der Waals surface area (Å²) in [5, 5.41) is 6.51. The average Bonchev–Trinajstić information content (AvgIpc) is 2.27. The van der Waals surface area contributed by atoms with Crippen molar-refractivity contribution in [1.29, 1.82) is 0 Å². The molecule has 1 heterocycles. The van der Waals surface area contributed by atoms with Crippen LogP contribution in [-0.4, -0.2) is 28.0 Å². The third-order valence-corrected chi connectivity index (χ3v) is 2.76. The molecule has 19 heavy (non-hydrogen) atoms. The zero-order valence-corrected chi connectivity index (χ0v) is 12.8. The van der Waals surface area contributed by atoms with Crippen molar-refractivity contribution in [3.8, 4) is 0 Å². The number of hydrogen-bond donors (Lipinski definition) is 2. The van der Waals surface area contributed by atoms with Gasteiger partial charge >= 0.3 is 0 Å². The second-order valence-electron chi connectivity index (χ2n) is 5.75. The van der Waals surface area contributed by atoms with Crippen LogP contribution in [0, 0.1) is 18.8 Å². The first-order chi connectivity index (χ1) is 8.97. The topological polar surface area (TPSA) is 62.7 Å². The molecule has 1 aromatic heterocycles. The molecule has 0 aliphatic rings. The highest BCUT2D eigenvalue weighted by Crippen LogP contribution is 2.07. The van der Waals surface area contributed by atoms with Gasteiger partial charge in [-0.1, -0.05) is 27.7 Å². The Morgan fingerprint density at radius 3 is 1.58 bits per heavy atom. The van der Waals surface area contributed by atoms with E-state index in [9.17, 15) is 0 Å². The Morgan fingerprint density at radius 2 is 1.21 bits per heavy atom. The maximum atomic E-state index is 4.38. The van der Waals surface area contributed by atoms with Crippen LogP contribution >= 0.6 is 0 Å². The minimum Gasteiger partial charge on any atom is -0.354 e. The molecule has 0 amide bonds. The fourth-order valence-corrected chi connectivity index (χ4v) is 1.59. The van der Waals surface area contributed by atoms with Gasteiger partial charge in [0.25, 0.3) is 0 Å². The second kappa shape index (κ2) is 7.92. The summed E-state index contributed by atoms with van der Waals surface area (Å²) in [6, 6.07) is 0. The third-order valence-electron chi connectivity index (χ3n) is 2.76. The Labute approximate surface area is 116 Å². The fraction of sp³-hybridized carbons (Fsp3) is 0.786. The SMILES string of the molecule is Cc1nc(NCCC(C)C)nc(NCCC(C)C)n1. The molecule has 0 fully saturated rings. The van der Waals surface area contributed by atoms with Crippen LogP contribution < -0.4 is 10.6 Å². The van der Waals surface area contributed by atoms with Crippen LogP contribution in [0.2, 0.25) is 0 Å². The van der Waals surface area contributed by atoms with E-state index in [4.69, 9.17) is 0 Å². The molecule has 0 unspecified atom stereocenters. The van der Waals surface area contributed by atoms with E-state index in [-0.39, 0.29) is 0 Å². The van der Waals surface area contributed by atoms with Gasteiger partial charge in [0.15, 0.2) is 0 Å². The molecule has 0 bridgehead atoms. The normalized spacial score (nSPS) is 11.1. The lowest BCUT2D eigenvalue weighted by atomic mass is 10.1. The van der Waals surface area contributed by atoms with Gasteiger partial charge in [0, 0.05) is 13.1 Å². The van der Waals surface area contributed by atoms with Gasteiger partial charge < -0.3 is 10.6 Å². The summed E-state index contributed by atoms with van der Waals surface area (Å²) in [6.07, 6.45) is 2.22. The maximum absolute atomic E-state index is 4.38. The van der Waals surface area contributed by atoms with Crippen LogP contribution in [0.25, 0.3) is 0 Å². The first-order valence-corrected chi connectivity index (χ1v) is 7.17. The van der Waals surface area contributed by atoms with Gasteiger partial charge in [0.1, 0.15) is 5.82 Å². The van der Waals surface area contributed by atoms with Gasteiger partial charge in [0.2, 0.25) is 11.9 Å². The first kappa shape index (κ1) is 15.7. The molecule has 0 spiro atoms. The summed E-state index contributed by atoms with van der Waals surface area (Å²) in [4.78, 5) is 13.0. The minimum absolute atomic E-state index is 0.667. The average molecular weight is 265 g/mol. The smallest absolute Gasteiger partial charge is 0.227 e. The van der Waals surface area contributed by atoms with E-state index >= 15 is 0 Å². The number of nitrogens with zero attached hydrogens (tertiary/aromatic N) is 3. The molecular formula is C14H27N5. The molecule has 0 atom stereocenters. The second-order valence-corrected chi connectivity index (χ2v) is 5.75. The van der Waals surface area contributed by atoms with E-state index in [1.54, 1.807) is 0 Å². The number of aromatic nitrogens is 3. The molecule has 5 heteroatoms.